The number of nitro groups is 4. The normalized spacial score (nSPS) is 12.0. The van der Waals surface area contributed by atoms with Crippen molar-refractivity contribution < 1.29 is 55.5 Å². The van der Waals surface area contributed by atoms with Crippen molar-refractivity contribution in [2.75, 3.05) is 0 Å². The van der Waals surface area contributed by atoms with Crippen molar-refractivity contribution in [2.24, 2.45) is 0 Å². The van der Waals surface area contributed by atoms with Gasteiger partial charge in [-0.25, -0.2) is 0 Å². The number of aryl methyl sites for hydroxylation is 4. The lowest BCUT2D eigenvalue weighted by Crippen LogP contribution is -2.20. The zero-order chi connectivity index (χ0) is 40.1. The second-order valence-corrected chi connectivity index (χ2v) is 12.4. The largest absolute Gasteiger partial charge is 0.444 e. The monoisotopic (exact) mass is 752 g/mol. The summed E-state index contributed by atoms with van der Waals surface area (Å²) in [6, 6.07) is 6.85. The van der Waals surface area contributed by atoms with Crippen molar-refractivity contribution in [3.05, 3.63) is 133 Å². The number of rotatable bonds is 10. The molecule has 0 fully saturated rings. The summed E-state index contributed by atoms with van der Waals surface area (Å²) >= 11 is 0. The molecule has 0 saturated heterocycles. The van der Waals surface area contributed by atoms with E-state index in [2.05, 4.69) is 0 Å². The van der Waals surface area contributed by atoms with Gasteiger partial charge in [-0.2, -0.15) is 26.3 Å². The molecule has 0 heterocycles. The molecule has 4 aromatic carbocycles. The number of nitro benzene ring substituents is 4. The number of hydrogen-bond donors (Lipinski definition) is 0. The van der Waals surface area contributed by atoms with Gasteiger partial charge in [-0.05, 0) is 61.1 Å². The van der Waals surface area contributed by atoms with E-state index in [0.29, 0.717) is 11.1 Å². The Balaban J connectivity index is 1.78. The summed E-state index contributed by atoms with van der Waals surface area (Å²) in [6.07, 6.45) is -10.3. The van der Waals surface area contributed by atoms with Gasteiger partial charge in [0.05, 0.1) is 30.8 Å². The lowest BCUT2D eigenvalue weighted by Gasteiger charge is -2.29. The van der Waals surface area contributed by atoms with Crippen LogP contribution in [0.5, 0.6) is 23.0 Å². The minimum absolute atomic E-state index is 0.105. The summed E-state index contributed by atoms with van der Waals surface area (Å²) in [5.41, 5.74) is -6.98. The molecule has 0 bridgehead atoms. The number of alkyl halides is 6. The molecule has 20 heteroatoms. The maximum atomic E-state index is 13.4. The Morgan fingerprint density at radius 1 is 0.434 bits per heavy atom. The van der Waals surface area contributed by atoms with Crippen molar-refractivity contribution in [2.45, 2.75) is 59.3 Å². The van der Waals surface area contributed by atoms with Gasteiger partial charge < -0.3 is 9.47 Å². The van der Waals surface area contributed by atoms with Gasteiger partial charge in [0.15, 0.2) is 0 Å². The van der Waals surface area contributed by atoms with Gasteiger partial charge in [0, 0.05) is 29.7 Å². The summed E-state index contributed by atoms with van der Waals surface area (Å²) in [6.45, 7) is 9.55. The van der Waals surface area contributed by atoms with E-state index in [1.165, 1.54) is 27.7 Å². The molecular formula is C33H26F6N4O10. The molecule has 0 aromatic heterocycles. The highest BCUT2D eigenvalue weighted by Crippen LogP contribution is 2.48. The molecule has 280 valence electrons. The highest BCUT2D eigenvalue weighted by atomic mass is 19.4. The topological polar surface area (TPSA) is 191 Å². The predicted molar refractivity (Wildman–Crippen MR) is 174 cm³/mol. The lowest BCUT2D eigenvalue weighted by atomic mass is 9.76. The minimum Gasteiger partial charge on any atom is -0.444 e. The van der Waals surface area contributed by atoms with E-state index < -0.39 is 82.8 Å². The van der Waals surface area contributed by atoms with Crippen LogP contribution in [0.4, 0.5) is 49.1 Å². The van der Waals surface area contributed by atoms with Crippen LogP contribution in [0.1, 0.15) is 58.4 Å². The number of benzene rings is 4. The highest BCUT2D eigenvalue weighted by molar-refractivity contribution is 5.66. The Bertz CT molecular complexity index is 1950. The van der Waals surface area contributed by atoms with E-state index in [-0.39, 0.29) is 58.0 Å². The lowest BCUT2D eigenvalue weighted by molar-refractivity contribution is -0.396. The molecule has 14 nitrogen and oxygen atoms in total. The van der Waals surface area contributed by atoms with Gasteiger partial charge in [-0.1, -0.05) is 38.1 Å². The van der Waals surface area contributed by atoms with Crippen LogP contribution in [0.15, 0.2) is 48.5 Å². The van der Waals surface area contributed by atoms with Crippen LogP contribution >= 0.6 is 0 Å². The van der Waals surface area contributed by atoms with Crippen LogP contribution in [0.2, 0.25) is 0 Å². The third-order valence-electron chi connectivity index (χ3n) is 8.31. The molecule has 0 spiro atoms. The van der Waals surface area contributed by atoms with Crippen molar-refractivity contribution in [1.29, 1.82) is 0 Å². The Kier molecular flexibility index (Phi) is 10.2. The second-order valence-electron chi connectivity index (χ2n) is 12.4. The highest BCUT2D eigenvalue weighted by Gasteiger charge is 2.41. The summed E-state index contributed by atoms with van der Waals surface area (Å²) in [5, 5.41) is 46.9. The van der Waals surface area contributed by atoms with Crippen molar-refractivity contribution in [3.8, 4) is 23.0 Å². The summed E-state index contributed by atoms with van der Waals surface area (Å²) in [5.74, 6) is -2.24. The summed E-state index contributed by atoms with van der Waals surface area (Å²) in [4.78, 5) is 42.0. The molecule has 0 N–H and O–H groups in total. The standard InChI is InChI=1S/C33H26F6N4O10/c1-15-7-19(8-16(2)27(15)52-29-23(40(44)45)11-21(32(34,35)36)12-24(29)41(46)47)31(5,6)20-9-17(3)28(18(4)10-20)53-30-25(42(48)49)13-22(33(37,38)39)14-26(30)43(50)51/h7-14H,1-6H3. The maximum absolute atomic E-state index is 13.4. The number of nitrogens with zero attached hydrogens (tertiary/aromatic N) is 4. The van der Waals surface area contributed by atoms with Crippen LogP contribution in [-0.2, 0) is 17.8 Å². The van der Waals surface area contributed by atoms with E-state index in [0.717, 1.165) is 0 Å². The summed E-state index contributed by atoms with van der Waals surface area (Å²) in [7, 11) is 0. The number of hydrogen-bond acceptors (Lipinski definition) is 10. The molecule has 4 aromatic rings. The average molecular weight is 753 g/mol. The Labute approximate surface area is 294 Å². The van der Waals surface area contributed by atoms with Gasteiger partial charge in [0.25, 0.3) is 11.5 Å². The predicted octanol–water partition coefficient (Wildman–Crippen LogP) is 10.5. The van der Waals surface area contributed by atoms with Gasteiger partial charge in [-0.15, -0.1) is 0 Å². The molecule has 4 rings (SSSR count). The van der Waals surface area contributed by atoms with Crippen LogP contribution in [0.25, 0.3) is 0 Å². The van der Waals surface area contributed by atoms with Crippen LogP contribution in [0, 0.1) is 68.2 Å². The Hall–Kier alpha value is -6.34. The van der Waals surface area contributed by atoms with E-state index in [4.69, 9.17) is 9.47 Å². The van der Waals surface area contributed by atoms with Crippen molar-refractivity contribution in [3.63, 3.8) is 0 Å². The third-order valence-corrected chi connectivity index (χ3v) is 8.31. The van der Waals surface area contributed by atoms with E-state index >= 15 is 0 Å². The smallest absolute Gasteiger partial charge is 0.416 e. The fourth-order valence-corrected chi connectivity index (χ4v) is 5.59. The van der Waals surface area contributed by atoms with Gasteiger partial charge >= 0.3 is 35.1 Å². The molecule has 0 radical (unpaired) electrons. The quantitative estimate of drug-likeness (QED) is 0.0855. The molecule has 0 aliphatic heterocycles. The molecule has 53 heavy (non-hydrogen) atoms. The van der Waals surface area contributed by atoms with E-state index in [1.807, 2.05) is 0 Å². The van der Waals surface area contributed by atoms with Crippen LogP contribution in [0.3, 0.4) is 0 Å². The van der Waals surface area contributed by atoms with Crippen LogP contribution < -0.4 is 9.47 Å². The summed E-state index contributed by atoms with van der Waals surface area (Å²) < 4.78 is 91.6. The first-order valence-corrected chi connectivity index (χ1v) is 14.9. The zero-order valence-corrected chi connectivity index (χ0v) is 28.3. The molecule has 0 unspecified atom stereocenters. The maximum Gasteiger partial charge on any atom is 0.416 e. The second kappa shape index (κ2) is 13.7. The van der Waals surface area contributed by atoms with Crippen molar-refractivity contribution in [1.82, 2.24) is 0 Å². The number of ether oxygens (including phenoxy) is 2. The average Bonchev–Trinajstić information content (AvgIpc) is 3.02. The zero-order valence-electron chi connectivity index (χ0n) is 28.3. The first-order chi connectivity index (χ1) is 24.2. The van der Waals surface area contributed by atoms with Crippen molar-refractivity contribution >= 4 is 22.7 Å². The molecule has 0 aliphatic rings. The molecule has 0 amide bonds. The molecule has 0 aliphatic carbocycles. The third kappa shape index (κ3) is 7.80. The SMILES string of the molecule is Cc1cc(C(C)(C)c2cc(C)c(Oc3c([N+](=O)[O-])cc(C(F)(F)F)cc3[N+](=O)[O-])c(C)c2)cc(C)c1Oc1c([N+](=O)[O-])cc(C(F)(F)F)cc1[N+](=O)[O-]. The molecule has 0 atom stereocenters. The van der Waals surface area contributed by atoms with Gasteiger partial charge in [-0.3, -0.25) is 40.5 Å². The van der Waals surface area contributed by atoms with Gasteiger partial charge in [0.1, 0.15) is 11.5 Å². The first kappa shape index (κ1) is 39.4. The fraction of sp³-hybridized carbons (Fsp3) is 0.273. The van der Waals surface area contributed by atoms with E-state index in [9.17, 15) is 66.8 Å². The minimum atomic E-state index is -5.13. The van der Waals surface area contributed by atoms with E-state index in [1.54, 1.807) is 38.1 Å². The molecule has 0 saturated carbocycles. The fourth-order valence-electron chi connectivity index (χ4n) is 5.59. The molecular weight excluding hydrogens is 726 g/mol. The van der Waals surface area contributed by atoms with Crippen LogP contribution in [-0.4, -0.2) is 19.7 Å². The van der Waals surface area contributed by atoms with Gasteiger partial charge in [0.2, 0.25) is 0 Å². The Morgan fingerprint density at radius 3 is 0.849 bits per heavy atom. The first-order valence-electron chi connectivity index (χ1n) is 14.9. The number of halogens is 6. The Morgan fingerprint density at radius 2 is 0.660 bits per heavy atom.